The van der Waals surface area contributed by atoms with Gasteiger partial charge in [-0.3, -0.25) is 0 Å². The average Bonchev–Trinajstić information content (AvgIpc) is 2.75. The molecule has 1 unspecified atom stereocenters. The molecule has 0 spiro atoms. The first-order chi connectivity index (χ1) is 12.1. The first kappa shape index (κ1) is 17.1. The van der Waals surface area contributed by atoms with Crippen LogP contribution in [-0.2, 0) is 0 Å². The fourth-order valence-electron chi connectivity index (χ4n) is 9.65. The van der Waals surface area contributed by atoms with Crippen LogP contribution in [-0.4, -0.2) is 11.7 Å². The second-order valence-electron chi connectivity index (χ2n) is 11.2. The molecular weight excluding hydrogens is 304 g/mol. The van der Waals surface area contributed by atoms with Gasteiger partial charge in [0.15, 0.2) is 0 Å². The van der Waals surface area contributed by atoms with Crippen molar-refractivity contribution >= 4 is 0 Å². The van der Waals surface area contributed by atoms with Crippen LogP contribution in [0.15, 0.2) is 0 Å². The second-order valence-corrected chi connectivity index (χ2v) is 11.2. The van der Waals surface area contributed by atoms with Gasteiger partial charge in [0.25, 0.3) is 0 Å². The van der Waals surface area contributed by atoms with Gasteiger partial charge in [0.2, 0.25) is 0 Å². The molecule has 0 aromatic rings. The number of aliphatic hydroxyl groups is 1. The third-order valence-corrected chi connectivity index (χ3v) is 10.8. The first-order valence-electron chi connectivity index (χ1n) is 11.7. The summed E-state index contributed by atoms with van der Waals surface area (Å²) in [5.41, 5.74) is 1.30. The van der Waals surface area contributed by atoms with Crippen LogP contribution < -0.4 is 0 Å². The molecule has 0 aromatic carbocycles. The highest BCUT2D eigenvalue weighted by Gasteiger charge is 2.66. The topological polar surface area (TPSA) is 20.2 Å². The second kappa shape index (κ2) is 5.98. The molecule has 0 amide bonds. The molecule has 0 aliphatic heterocycles. The highest BCUT2D eigenvalue weighted by molar-refractivity contribution is 5.15. The molecule has 0 aromatic heterocycles. The zero-order valence-corrected chi connectivity index (χ0v) is 16.7. The molecule has 5 saturated carbocycles. The van der Waals surface area contributed by atoms with Gasteiger partial charge in [0, 0.05) is 6.61 Å². The van der Waals surface area contributed by atoms with E-state index in [1.807, 2.05) is 0 Å². The number of fused-ring (bicyclic) bond motifs is 7. The summed E-state index contributed by atoms with van der Waals surface area (Å²) in [5, 5.41) is 9.43. The van der Waals surface area contributed by atoms with Crippen LogP contribution >= 0.6 is 0 Å². The molecule has 142 valence electrons. The van der Waals surface area contributed by atoms with Crippen molar-refractivity contribution in [2.45, 2.75) is 90.9 Å². The van der Waals surface area contributed by atoms with Crippen molar-refractivity contribution < 1.29 is 5.11 Å². The summed E-state index contributed by atoms with van der Waals surface area (Å²) in [7, 11) is 0. The third-order valence-electron chi connectivity index (χ3n) is 10.8. The Morgan fingerprint density at radius 3 is 2.36 bits per heavy atom. The Labute approximate surface area is 155 Å². The normalized spacial score (nSPS) is 57.0. The van der Waals surface area contributed by atoms with Crippen LogP contribution in [0.25, 0.3) is 0 Å². The predicted octanol–water partition coefficient (Wildman–Crippen LogP) is 6.05. The maximum atomic E-state index is 9.43. The number of aliphatic hydroxyl groups excluding tert-OH is 1. The Bertz CT molecular complexity index is 514. The van der Waals surface area contributed by atoms with Crippen LogP contribution in [0.1, 0.15) is 90.9 Å². The monoisotopic (exact) mass is 344 g/mol. The van der Waals surface area contributed by atoms with Gasteiger partial charge in [0.05, 0.1) is 0 Å². The lowest BCUT2D eigenvalue weighted by molar-refractivity contribution is -0.120. The first-order valence-corrected chi connectivity index (χ1v) is 11.7. The molecule has 1 nitrogen and oxygen atoms in total. The molecule has 5 aliphatic rings. The zero-order valence-electron chi connectivity index (χ0n) is 16.7. The molecule has 5 rings (SSSR count). The van der Waals surface area contributed by atoms with Gasteiger partial charge in [-0.05, 0) is 116 Å². The van der Waals surface area contributed by atoms with E-state index in [0.717, 1.165) is 47.8 Å². The summed E-state index contributed by atoms with van der Waals surface area (Å²) in [4.78, 5) is 0. The van der Waals surface area contributed by atoms with Gasteiger partial charge in [-0.2, -0.15) is 0 Å². The molecule has 5 fully saturated rings. The van der Waals surface area contributed by atoms with E-state index >= 15 is 0 Å². The lowest BCUT2D eigenvalue weighted by Gasteiger charge is -2.61. The molecule has 25 heavy (non-hydrogen) atoms. The fourth-order valence-corrected chi connectivity index (χ4v) is 9.65. The molecule has 0 radical (unpaired) electrons. The van der Waals surface area contributed by atoms with Crippen molar-refractivity contribution in [3.05, 3.63) is 0 Å². The minimum atomic E-state index is 0.403. The summed E-state index contributed by atoms with van der Waals surface area (Å²) < 4.78 is 0. The summed E-state index contributed by atoms with van der Waals surface area (Å²) in [5.74, 6) is 7.19. The average molecular weight is 345 g/mol. The smallest absolute Gasteiger partial charge is 0.0431 e. The SMILES string of the molecule is C[C@]12CC[C@H]3[C@@H](CCC4CCCC[C@@]43C)[C@@H]1[C@@H]1CC[C@@H]1[C@H]2CCCO. The van der Waals surface area contributed by atoms with Gasteiger partial charge in [-0.15, -0.1) is 0 Å². The quantitative estimate of drug-likeness (QED) is 0.660. The number of hydrogen-bond donors (Lipinski definition) is 1. The summed E-state index contributed by atoms with van der Waals surface area (Å²) >= 11 is 0. The molecule has 0 saturated heterocycles. The van der Waals surface area contributed by atoms with Gasteiger partial charge in [-0.25, -0.2) is 0 Å². The van der Waals surface area contributed by atoms with E-state index in [4.69, 9.17) is 0 Å². The molecule has 1 N–H and O–H groups in total. The number of hydrogen-bond acceptors (Lipinski definition) is 1. The van der Waals surface area contributed by atoms with Crippen molar-refractivity contribution in [1.29, 1.82) is 0 Å². The summed E-state index contributed by atoms with van der Waals surface area (Å²) in [6.07, 6.45) is 17.6. The Kier molecular flexibility index (Phi) is 4.09. The van der Waals surface area contributed by atoms with Crippen molar-refractivity contribution in [1.82, 2.24) is 0 Å². The van der Waals surface area contributed by atoms with Crippen LogP contribution in [0.5, 0.6) is 0 Å². The maximum absolute atomic E-state index is 9.43. The maximum Gasteiger partial charge on any atom is 0.0431 e. The van der Waals surface area contributed by atoms with Crippen molar-refractivity contribution in [3.63, 3.8) is 0 Å². The van der Waals surface area contributed by atoms with E-state index in [9.17, 15) is 5.11 Å². The molecular formula is C24H40O. The Morgan fingerprint density at radius 2 is 1.60 bits per heavy atom. The molecule has 0 heterocycles. The molecule has 9 atom stereocenters. The van der Waals surface area contributed by atoms with Crippen LogP contribution in [0.3, 0.4) is 0 Å². The molecule has 0 bridgehead atoms. The van der Waals surface area contributed by atoms with E-state index in [1.54, 1.807) is 12.8 Å². The highest BCUT2D eigenvalue weighted by Crippen LogP contribution is 2.73. The lowest BCUT2D eigenvalue weighted by atomic mass is 9.44. The van der Waals surface area contributed by atoms with E-state index in [1.165, 1.54) is 57.8 Å². The van der Waals surface area contributed by atoms with Gasteiger partial charge < -0.3 is 5.11 Å². The van der Waals surface area contributed by atoms with E-state index < -0.39 is 0 Å². The predicted molar refractivity (Wildman–Crippen MR) is 103 cm³/mol. The van der Waals surface area contributed by atoms with E-state index in [2.05, 4.69) is 13.8 Å². The van der Waals surface area contributed by atoms with Gasteiger partial charge in [0.1, 0.15) is 0 Å². The van der Waals surface area contributed by atoms with Gasteiger partial charge >= 0.3 is 0 Å². The number of rotatable bonds is 3. The Balaban J connectivity index is 1.45. The van der Waals surface area contributed by atoms with Crippen LogP contribution in [0.2, 0.25) is 0 Å². The zero-order chi connectivity index (χ0) is 17.2. The van der Waals surface area contributed by atoms with E-state index in [-0.39, 0.29) is 0 Å². The van der Waals surface area contributed by atoms with E-state index in [0.29, 0.717) is 17.4 Å². The standard InChI is InChI=1S/C24H40O/c1-23-13-4-3-6-16(23)8-9-19-21(23)12-14-24(2)20(7-5-15-25)17-10-11-18(17)22(19)24/h16-22,25H,3-15H2,1-2H3/t16?,17-,18+,19+,20+,21-,22-,23-,24+/m0/s1. The molecule has 5 aliphatic carbocycles. The van der Waals surface area contributed by atoms with Crippen molar-refractivity contribution in [2.24, 2.45) is 52.3 Å². The van der Waals surface area contributed by atoms with Crippen LogP contribution in [0.4, 0.5) is 0 Å². The summed E-state index contributed by atoms with van der Waals surface area (Å²) in [6.45, 7) is 5.82. The highest BCUT2D eigenvalue weighted by atomic mass is 16.2. The van der Waals surface area contributed by atoms with Crippen LogP contribution in [0, 0.1) is 52.3 Å². The van der Waals surface area contributed by atoms with Crippen molar-refractivity contribution in [2.75, 3.05) is 6.61 Å². The van der Waals surface area contributed by atoms with Gasteiger partial charge in [-0.1, -0.05) is 26.7 Å². The molecule has 1 heteroatoms. The summed E-state index contributed by atoms with van der Waals surface area (Å²) in [6, 6.07) is 0. The third kappa shape index (κ3) is 2.23. The van der Waals surface area contributed by atoms with Crippen molar-refractivity contribution in [3.8, 4) is 0 Å². The minimum Gasteiger partial charge on any atom is -0.396 e. The Morgan fingerprint density at radius 1 is 0.800 bits per heavy atom. The lowest BCUT2D eigenvalue weighted by Crippen LogP contribution is -2.53. The minimum absolute atomic E-state index is 0.403. The Hall–Kier alpha value is -0.0400. The largest absolute Gasteiger partial charge is 0.396 e. The fraction of sp³-hybridized carbons (Fsp3) is 1.00.